The van der Waals surface area contributed by atoms with Gasteiger partial charge in [0.1, 0.15) is 6.10 Å². The Balaban J connectivity index is 1.66. The van der Waals surface area contributed by atoms with Crippen LogP contribution in [0.3, 0.4) is 0 Å². The fraction of sp³-hybridized carbons (Fsp3) is 0.417. The van der Waals surface area contributed by atoms with Crippen molar-refractivity contribution >= 4 is 11.9 Å². The predicted molar refractivity (Wildman–Crippen MR) is 106 cm³/mol. The zero-order valence-corrected chi connectivity index (χ0v) is 15.9. The SMILES string of the molecule is O=C(O)[C@H]1[C@@H](c2ccccc2)[C@H](C(=O)OC2CCCCC2)[C@@H]1c1ccccc1. The molecule has 146 valence electrons. The Kier molecular flexibility index (Phi) is 5.47. The maximum Gasteiger partial charge on any atom is 0.310 e. The third-order valence-corrected chi connectivity index (χ3v) is 6.31. The van der Waals surface area contributed by atoms with Crippen LogP contribution < -0.4 is 0 Å². The highest BCUT2D eigenvalue weighted by molar-refractivity contribution is 5.84. The molecule has 2 saturated carbocycles. The third-order valence-electron chi connectivity index (χ3n) is 6.31. The molecule has 1 N–H and O–H groups in total. The van der Waals surface area contributed by atoms with E-state index in [0.717, 1.165) is 36.8 Å². The molecule has 2 fully saturated rings. The summed E-state index contributed by atoms with van der Waals surface area (Å²) in [7, 11) is 0. The molecule has 2 aromatic carbocycles. The van der Waals surface area contributed by atoms with Gasteiger partial charge in [-0.05, 0) is 36.8 Å². The number of hydrogen-bond donors (Lipinski definition) is 1. The molecule has 0 radical (unpaired) electrons. The molecule has 0 heterocycles. The van der Waals surface area contributed by atoms with Crippen molar-refractivity contribution in [1.82, 2.24) is 0 Å². The Morgan fingerprint density at radius 2 is 1.25 bits per heavy atom. The minimum Gasteiger partial charge on any atom is -0.481 e. The zero-order chi connectivity index (χ0) is 19.5. The zero-order valence-electron chi connectivity index (χ0n) is 15.9. The van der Waals surface area contributed by atoms with Gasteiger partial charge in [0.25, 0.3) is 0 Å². The second-order valence-electron chi connectivity index (χ2n) is 7.96. The molecule has 2 aliphatic rings. The summed E-state index contributed by atoms with van der Waals surface area (Å²) in [6.45, 7) is 0. The Hall–Kier alpha value is -2.62. The summed E-state index contributed by atoms with van der Waals surface area (Å²) in [4.78, 5) is 25.4. The van der Waals surface area contributed by atoms with Crippen molar-refractivity contribution in [1.29, 1.82) is 0 Å². The van der Waals surface area contributed by atoms with E-state index in [4.69, 9.17) is 4.74 Å². The first-order chi connectivity index (χ1) is 13.7. The van der Waals surface area contributed by atoms with Crippen molar-refractivity contribution in [3.63, 3.8) is 0 Å². The number of carbonyl (C=O) groups excluding carboxylic acids is 1. The quantitative estimate of drug-likeness (QED) is 0.762. The largest absolute Gasteiger partial charge is 0.481 e. The van der Waals surface area contributed by atoms with Crippen molar-refractivity contribution in [2.45, 2.75) is 50.0 Å². The van der Waals surface area contributed by atoms with E-state index in [1.165, 1.54) is 6.42 Å². The minimum atomic E-state index is -0.857. The number of aliphatic carboxylic acids is 1. The standard InChI is InChI=1S/C24H26O4/c25-23(26)21-19(16-10-4-1-5-11-16)22(20(21)17-12-6-2-7-13-17)24(27)28-18-14-8-3-9-15-18/h1-2,4-7,10-13,18-22H,3,8-9,14-15H2,(H,25,26)/t19-,20-,21-,22-/m1/s1. The molecular formula is C24H26O4. The second-order valence-corrected chi connectivity index (χ2v) is 7.96. The summed E-state index contributed by atoms with van der Waals surface area (Å²) >= 11 is 0. The van der Waals surface area contributed by atoms with E-state index >= 15 is 0 Å². The van der Waals surface area contributed by atoms with E-state index < -0.39 is 17.8 Å². The molecule has 0 spiro atoms. The minimum absolute atomic E-state index is 0.0297. The van der Waals surface area contributed by atoms with Crippen LogP contribution in [0.5, 0.6) is 0 Å². The van der Waals surface area contributed by atoms with Crippen LogP contribution >= 0.6 is 0 Å². The maximum absolute atomic E-state index is 13.2. The van der Waals surface area contributed by atoms with Gasteiger partial charge in [-0.3, -0.25) is 9.59 Å². The molecule has 2 aliphatic carbocycles. The van der Waals surface area contributed by atoms with Gasteiger partial charge in [-0.2, -0.15) is 0 Å². The van der Waals surface area contributed by atoms with E-state index in [2.05, 4.69) is 0 Å². The van der Waals surface area contributed by atoms with Crippen LogP contribution in [0.2, 0.25) is 0 Å². The van der Waals surface area contributed by atoms with Gasteiger partial charge >= 0.3 is 11.9 Å². The molecule has 2 aromatic rings. The van der Waals surface area contributed by atoms with E-state index in [1.807, 2.05) is 60.7 Å². The number of esters is 1. The number of ether oxygens (including phenoxy) is 1. The predicted octanol–water partition coefficient (Wildman–Crippen LogP) is 4.76. The summed E-state index contributed by atoms with van der Waals surface area (Å²) in [6, 6.07) is 19.1. The molecule has 28 heavy (non-hydrogen) atoms. The van der Waals surface area contributed by atoms with Crippen molar-refractivity contribution in [2.75, 3.05) is 0 Å². The first kappa shape index (κ1) is 18.7. The molecule has 0 bridgehead atoms. The Morgan fingerprint density at radius 3 is 1.71 bits per heavy atom. The number of hydrogen-bond acceptors (Lipinski definition) is 3. The second kappa shape index (κ2) is 8.17. The average molecular weight is 378 g/mol. The molecule has 0 unspecified atom stereocenters. The first-order valence-corrected chi connectivity index (χ1v) is 10.2. The van der Waals surface area contributed by atoms with Crippen LogP contribution in [-0.2, 0) is 14.3 Å². The van der Waals surface area contributed by atoms with Crippen molar-refractivity contribution < 1.29 is 19.4 Å². The smallest absolute Gasteiger partial charge is 0.310 e. The Labute approximate surface area is 165 Å². The Morgan fingerprint density at radius 1 is 0.750 bits per heavy atom. The van der Waals surface area contributed by atoms with E-state index in [9.17, 15) is 14.7 Å². The molecule has 0 saturated heterocycles. The molecule has 0 aliphatic heterocycles. The normalized spacial score (nSPS) is 27.6. The molecular weight excluding hydrogens is 352 g/mol. The topological polar surface area (TPSA) is 63.6 Å². The fourth-order valence-electron chi connectivity index (χ4n) is 4.95. The van der Waals surface area contributed by atoms with Gasteiger partial charge in [-0.1, -0.05) is 67.1 Å². The maximum atomic E-state index is 13.2. The number of benzene rings is 2. The van der Waals surface area contributed by atoms with Gasteiger partial charge in [-0.25, -0.2) is 0 Å². The highest BCUT2D eigenvalue weighted by atomic mass is 16.5. The third kappa shape index (κ3) is 3.56. The van der Waals surface area contributed by atoms with Gasteiger partial charge in [0.05, 0.1) is 11.8 Å². The number of carboxylic acids is 1. The van der Waals surface area contributed by atoms with Gasteiger partial charge in [0, 0.05) is 11.8 Å². The molecule has 0 amide bonds. The van der Waals surface area contributed by atoms with Crippen LogP contribution in [0.4, 0.5) is 0 Å². The van der Waals surface area contributed by atoms with Crippen LogP contribution in [0.15, 0.2) is 60.7 Å². The van der Waals surface area contributed by atoms with Gasteiger partial charge in [0.15, 0.2) is 0 Å². The molecule has 2 atom stereocenters. The molecule has 4 heteroatoms. The lowest BCUT2D eigenvalue weighted by molar-refractivity contribution is -0.169. The van der Waals surface area contributed by atoms with Gasteiger partial charge in [-0.15, -0.1) is 0 Å². The van der Waals surface area contributed by atoms with Crippen molar-refractivity contribution in [2.24, 2.45) is 11.8 Å². The summed E-state index contributed by atoms with van der Waals surface area (Å²) in [5, 5.41) is 9.97. The van der Waals surface area contributed by atoms with Gasteiger partial charge < -0.3 is 9.84 Å². The summed E-state index contributed by atoms with van der Waals surface area (Å²) in [5.41, 5.74) is 1.79. The lowest BCUT2D eigenvalue weighted by atomic mass is 9.52. The fourth-order valence-corrected chi connectivity index (χ4v) is 4.95. The van der Waals surface area contributed by atoms with Crippen LogP contribution in [0.1, 0.15) is 55.1 Å². The highest BCUT2D eigenvalue weighted by Crippen LogP contribution is 2.58. The van der Waals surface area contributed by atoms with E-state index in [0.29, 0.717) is 0 Å². The number of carboxylic acid groups (broad SMARTS) is 1. The first-order valence-electron chi connectivity index (χ1n) is 10.2. The highest BCUT2D eigenvalue weighted by Gasteiger charge is 2.59. The molecule has 4 rings (SSSR count). The number of carbonyl (C=O) groups is 2. The monoisotopic (exact) mass is 378 g/mol. The van der Waals surface area contributed by atoms with Crippen molar-refractivity contribution in [3.05, 3.63) is 71.8 Å². The van der Waals surface area contributed by atoms with E-state index in [-0.39, 0.29) is 23.9 Å². The van der Waals surface area contributed by atoms with Crippen LogP contribution in [-0.4, -0.2) is 23.1 Å². The van der Waals surface area contributed by atoms with Crippen LogP contribution in [0, 0.1) is 11.8 Å². The van der Waals surface area contributed by atoms with Crippen LogP contribution in [0.25, 0.3) is 0 Å². The molecule has 4 nitrogen and oxygen atoms in total. The van der Waals surface area contributed by atoms with E-state index in [1.54, 1.807) is 0 Å². The lowest BCUT2D eigenvalue weighted by Gasteiger charge is -2.49. The summed E-state index contributed by atoms with van der Waals surface area (Å²) in [5.74, 6) is -2.92. The summed E-state index contributed by atoms with van der Waals surface area (Å²) < 4.78 is 5.89. The lowest BCUT2D eigenvalue weighted by Crippen LogP contribution is -2.52. The summed E-state index contributed by atoms with van der Waals surface area (Å²) in [6.07, 6.45) is 5.16. The Bertz CT molecular complexity index is 764. The van der Waals surface area contributed by atoms with Gasteiger partial charge in [0.2, 0.25) is 0 Å². The molecule has 0 aromatic heterocycles. The average Bonchev–Trinajstić information content (AvgIpc) is 2.69. The van der Waals surface area contributed by atoms with Crippen molar-refractivity contribution in [3.8, 4) is 0 Å². The number of rotatable bonds is 5.